The van der Waals surface area contributed by atoms with Crippen LogP contribution in [-0.2, 0) is 12.6 Å². The quantitative estimate of drug-likeness (QED) is 0.458. The fourth-order valence-electron chi connectivity index (χ4n) is 4.32. The van der Waals surface area contributed by atoms with Crippen molar-refractivity contribution in [1.29, 1.82) is 0 Å². The van der Waals surface area contributed by atoms with Crippen molar-refractivity contribution in [3.05, 3.63) is 82.9 Å². The monoisotopic (exact) mass is 386 g/mol. The third-order valence-corrected chi connectivity index (χ3v) is 6.04. The molecule has 0 aliphatic heterocycles. The molecule has 0 saturated heterocycles. The second-order valence-electron chi connectivity index (χ2n) is 8.10. The summed E-state index contributed by atoms with van der Waals surface area (Å²) in [5.74, 6) is 1.58. The highest BCUT2D eigenvalue weighted by atomic mass is 19.4. The zero-order valence-electron chi connectivity index (χ0n) is 16.7. The smallest absolute Gasteiger partial charge is 0.166 e. The summed E-state index contributed by atoms with van der Waals surface area (Å²) in [6, 6.07) is 14.4. The number of hydrogen-bond acceptors (Lipinski definition) is 0. The molecule has 1 aliphatic rings. The van der Waals surface area contributed by atoms with Gasteiger partial charge in [-0.15, -0.1) is 0 Å². The molecule has 28 heavy (non-hydrogen) atoms. The Kier molecular flexibility index (Phi) is 6.64. The van der Waals surface area contributed by atoms with Gasteiger partial charge in [-0.1, -0.05) is 55.5 Å². The van der Waals surface area contributed by atoms with Gasteiger partial charge in [-0.2, -0.15) is 13.2 Å². The van der Waals surface area contributed by atoms with Crippen LogP contribution in [0.5, 0.6) is 0 Å². The van der Waals surface area contributed by atoms with E-state index in [0.717, 1.165) is 17.9 Å². The van der Waals surface area contributed by atoms with E-state index < -0.39 is 11.7 Å². The summed E-state index contributed by atoms with van der Waals surface area (Å²) in [7, 11) is 0. The lowest BCUT2D eigenvalue weighted by Gasteiger charge is -2.27. The molecule has 1 aliphatic carbocycles. The summed E-state index contributed by atoms with van der Waals surface area (Å²) in [5, 5.41) is 0. The summed E-state index contributed by atoms with van der Waals surface area (Å²) in [4.78, 5) is 0. The summed E-state index contributed by atoms with van der Waals surface area (Å²) in [5.41, 5.74) is 3.01. The SMILES string of the molecule is CC=CC1CCC(c2ccc(C[C@@H](C)c3ccc(C(F)(F)F)cc3)cc2)CC1. The van der Waals surface area contributed by atoms with Crippen molar-refractivity contribution in [3.63, 3.8) is 0 Å². The first-order valence-corrected chi connectivity index (χ1v) is 10.3. The van der Waals surface area contributed by atoms with Gasteiger partial charge >= 0.3 is 6.18 Å². The second-order valence-corrected chi connectivity index (χ2v) is 8.10. The van der Waals surface area contributed by atoms with Crippen LogP contribution >= 0.6 is 0 Å². The van der Waals surface area contributed by atoms with E-state index in [1.807, 2.05) is 0 Å². The van der Waals surface area contributed by atoms with Gasteiger partial charge in [-0.25, -0.2) is 0 Å². The number of halogens is 3. The third kappa shape index (κ3) is 5.27. The Morgan fingerprint density at radius 1 is 0.929 bits per heavy atom. The maximum atomic E-state index is 12.7. The maximum absolute atomic E-state index is 12.7. The molecular formula is C25H29F3. The van der Waals surface area contributed by atoms with E-state index in [0.29, 0.717) is 5.92 Å². The first-order valence-electron chi connectivity index (χ1n) is 10.3. The van der Waals surface area contributed by atoms with Crippen LogP contribution in [0.4, 0.5) is 13.2 Å². The number of alkyl halides is 3. The second kappa shape index (κ2) is 8.98. The molecule has 0 bridgehead atoms. The van der Waals surface area contributed by atoms with Gasteiger partial charge < -0.3 is 0 Å². The van der Waals surface area contributed by atoms with E-state index in [1.54, 1.807) is 12.1 Å². The lowest BCUT2D eigenvalue weighted by atomic mass is 9.78. The Labute approximate surface area is 166 Å². The van der Waals surface area contributed by atoms with Crippen LogP contribution < -0.4 is 0 Å². The summed E-state index contributed by atoms with van der Waals surface area (Å²) in [6.07, 6.45) is 6.08. The highest BCUT2D eigenvalue weighted by molar-refractivity contribution is 5.30. The minimum atomic E-state index is -4.27. The minimum absolute atomic E-state index is 0.185. The lowest BCUT2D eigenvalue weighted by Crippen LogP contribution is -2.11. The van der Waals surface area contributed by atoms with Gasteiger partial charge in [0.2, 0.25) is 0 Å². The van der Waals surface area contributed by atoms with Crippen molar-refractivity contribution in [1.82, 2.24) is 0 Å². The van der Waals surface area contributed by atoms with E-state index in [4.69, 9.17) is 0 Å². The first kappa shape index (κ1) is 20.7. The molecule has 0 nitrogen and oxygen atoms in total. The predicted molar refractivity (Wildman–Crippen MR) is 110 cm³/mol. The molecule has 1 saturated carbocycles. The van der Waals surface area contributed by atoms with Gasteiger partial charge in [0.15, 0.2) is 0 Å². The van der Waals surface area contributed by atoms with Gasteiger partial charge in [0.1, 0.15) is 0 Å². The molecule has 0 N–H and O–H groups in total. The van der Waals surface area contributed by atoms with E-state index in [9.17, 15) is 13.2 Å². The molecule has 1 fully saturated rings. The van der Waals surface area contributed by atoms with E-state index in [-0.39, 0.29) is 5.92 Å². The van der Waals surface area contributed by atoms with E-state index in [1.165, 1.54) is 48.9 Å². The zero-order valence-corrected chi connectivity index (χ0v) is 16.7. The van der Waals surface area contributed by atoms with Crippen molar-refractivity contribution in [3.8, 4) is 0 Å². The highest BCUT2D eigenvalue weighted by Crippen LogP contribution is 2.36. The Balaban J connectivity index is 1.58. The van der Waals surface area contributed by atoms with Gasteiger partial charge in [-0.05, 0) is 85.6 Å². The summed E-state index contributed by atoms with van der Waals surface area (Å²) >= 11 is 0. The van der Waals surface area contributed by atoms with Crippen molar-refractivity contribution in [2.75, 3.05) is 0 Å². The molecule has 2 aromatic carbocycles. The Bertz CT molecular complexity index is 761. The molecule has 0 unspecified atom stereocenters. The molecule has 3 rings (SSSR count). The summed E-state index contributed by atoms with van der Waals surface area (Å²) in [6.45, 7) is 4.16. The molecule has 2 aromatic rings. The Morgan fingerprint density at radius 2 is 1.54 bits per heavy atom. The molecule has 0 spiro atoms. The van der Waals surface area contributed by atoms with Crippen LogP contribution in [0.2, 0.25) is 0 Å². The fourth-order valence-corrected chi connectivity index (χ4v) is 4.32. The highest BCUT2D eigenvalue weighted by Gasteiger charge is 2.30. The van der Waals surface area contributed by atoms with Crippen molar-refractivity contribution in [2.45, 2.75) is 64.0 Å². The van der Waals surface area contributed by atoms with Crippen LogP contribution in [0.1, 0.15) is 73.6 Å². The first-order chi connectivity index (χ1) is 13.4. The van der Waals surface area contributed by atoms with E-state index >= 15 is 0 Å². The van der Waals surface area contributed by atoms with Gasteiger partial charge in [0.25, 0.3) is 0 Å². The minimum Gasteiger partial charge on any atom is -0.166 e. The molecule has 0 radical (unpaired) electrons. The lowest BCUT2D eigenvalue weighted by molar-refractivity contribution is -0.137. The molecule has 150 valence electrons. The number of rotatable bonds is 5. The maximum Gasteiger partial charge on any atom is 0.416 e. The van der Waals surface area contributed by atoms with Crippen LogP contribution in [0.25, 0.3) is 0 Å². The van der Waals surface area contributed by atoms with Crippen LogP contribution in [0, 0.1) is 5.92 Å². The molecule has 0 aromatic heterocycles. The van der Waals surface area contributed by atoms with Gasteiger partial charge in [0.05, 0.1) is 5.56 Å². The number of allylic oxidation sites excluding steroid dienone is 2. The average Bonchev–Trinajstić information content (AvgIpc) is 2.69. The van der Waals surface area contributed by atoms with Gasteiger partial charge in [0, 0.05) is 0 Å². The topological polar surface area (TPSA) is 0 Å². The third-order valence-electron chi connectivity index (χ3n) is 6.04. The van der Waals surface area contributed by atoms with E-state index in [2.05, 4.69) is 50.3 Å². The predicted octanol–water partition coefficient (Wildman–Crippen LogP) is 7.90. The van der Waals surface area contributed by atoms with Crippen molar-refractivity contribution >= 4 is 0 Å². The zero-order chi connectivity index (χ0) is 20.1. The number of hydrogen-bond donors (Lipinski definition) is 0. The van der Waals surface area contributed by atoms with Crippen LogP contribution in [0.3, 0.4) is 0 Å². The normalized spacial score (nSPS) is 21.8. The fraction of sp³-hybridized carbons (Fsp3) is 0.440. The van der Waals surface area contributed by atoms with Crippen molar-refractivity contribution < 1.29 is 13.2 Å². The summed E-state index contributed by atoms with van der Waals surface area (Å²) < 4.78 is 38.1. The molecule has 0 amide bonds. The molecule has 1 atom stereocenters. The van der Waals surface area contributed by atoms with Crippen molar-refractivity contribution in [2.24, 2.45) is 5.92 Å². The van der Waals surface area contributed by atoms with Crippen LogP contribution in [0.15, 0.2) is 60.7 Å². The van der Waals surface area contributed by atoms with Gasteiger partial charge in [-0.3, -0.25) is 0 Å². The molecular weight excluding hydrogens is 357 g/mol. The standard InChI is InChI=1S/C25H29F3/c1-3-4-19-5-9-22(10-6-19)23-11-7-20(8-12-23)17-18(2)21-13-15-24(16-14-21)25(26,27)28/h3-4,7-8,11-16,18-19,22H,5-6,9-10,17H2,1-2H3/t18-,19?,22?/m1/s1. The Morgan fingerprint density at radius 3 is 2.07 bits per heavy atom. The largest absolute Gasteiger partial charge is 0.416 e. The molecule has 3 heteroatoms. The average molecular weight is 387 g/mol. The Hall–Kier alpha value is -2.03. The van der Waals surface area contributed by atoms with Crippen LogP contribution in [-0.4, -0.2) is 0 Å². The number of benzene rings is 2. The molecule has 0 heterocycles.